The molecule has 1 unspecified atom stereocenters. The highest BCUT2D eigenvalue weighted by Crippen LogP contribution is 2.23. The molecule has 0 saturated carbocycles. The minimum absolute atomic E-state index is 0.135. The molecule has 120 valence electrons. The first-order valence-corrected chi connectivity index (χ1v) is 8.14. The van der Waals surface area contributed by atoms with Gasteiger partial charge in [-0.1, -0.05) is 20.8 Å². The zero-order valence-electron chi connectivity index (χ0n) is 12.8. The summed E-state index contributed by atoms with van der Waals surface area (Å²) < 4.78 is 40.4. The van der Waals surface area contributed by atoms with Crippen LogP contribution < -0.4 is 10.5 Å². The summed E-state index contributed by atoms with van der Waals surface area (Å²) in [7, 11) is -4.05. The van der Waals surface area contributed by atoms with Gasteiger partial charge in [-0.05, 0) is 36.5 Å². The van der Waals surface area contributed by atoms with Gasteiger partial charge in [0.2, 0.25) is 10.0 Å². The third-order valence-electron chi connectivity index (χ3n) is 2.89. The van der Waals surface area contributed by atoms with Crippen molar-refractivity contribution in [2.24, 2.45) is 5.41 Å². The Balaban J connectivity index is 2.88. The van der Waals surface area contributed by atoms with Crippen LogP contribution in [0.3, 0.4) is 0 Å². The molecule has 1 aromatic rings. The standard InChI is InChI=1S/C14H23FN2O3S/c1-9-5-10(16)6-12(13(9)15)21(19,20)17-8-11(18)7-14(2,3)4/h5-6,11,17-18H,7-8,16H2,1-4H3. The predicted molar refractivity (Wildman–Crippen MR) is 80.8 cm³/mol. The number of nitrogens with two attached hydrogens (primary N) is 1. The van der Waals surface area contributed by atoms with Crippen molar-refractivity contribution in [3.63, 3.8) is 0 Å². The second-order valence-electron chi connectivity index (χ2n) is 6.42. The fraction of sp³-hybridized carbons (Fsp3) is 0.571. The highest BCUT2D eigenvalue weighted by atomic mass is 32.2. The van der Waals surface area contributed by atoms with E-state index >= 15 is 0 Å². The van der Waals surface area contributed by atoms with Gasteiger partial charge >= 0.3 is 0 Å². The number of aryl methyl sites for hydroxylation is 1. The zero-order valence-corrected chi connectivity index (χ0v) is 13.6. The van der Waals surface area contributed by atoms with Gasteiger partial charge in [-0.25, -0.2) is 17.5 Å². The van der Waals surface area contributed by atoms with Crippen molar-refractivity contribution in [3.8, 4) is 0 Å². The molecule has 7 heteroatoms. The molecule has 0 heterocycles. The van der Waals surface area contributed by atoms with Crippen LogP contribution in [0.25, 0.3) is 0 Å². The SMILES string of the molecule is Cc1cc(N)cc(S(=O)(=O)NCC(O)CC(C)(C)C)c1F. The molecule has 4 N–H and O–H groups in total. The third-order valence-corrected chi connectivity index (χ3v) is 4.31. The summed E-state index contributed by atoms with van der Waals surface area (Å²) in [6.45, 7) is 7.08. The quantitative estimate of drug-likeness (QED) is 0.722. The highest BCUT2D eigenvalue weighted by molar-refractivity contribution is 7.89. The van der Waals surface area contributed by atoms with Gasteiger partial charge in [-0.2, -0.15) is 0 Å². The lowest BCUT2D eigenvalue weighted by molar-refractivity contribution is 0.125. The van der Waals surface area contributed by atoms with Crippen LogP contribution in [0, 0.1) is 18.2 Å². The maximum atomic E-state index is 13.9. The van der Waals surface area contributed by atoms with Gasteiger partial charge in [0.25, 0.3) is 0 Å². The summed E-state index contributed by atoms with van der Waals surface area (Å²) in [4.78, 5) is -0.497. The Morgan fingerprint density at radius 1 is 1.38 bits per heavy atom. The number of sulfonamides is 1. The largest absolute Gasteiger partial charge is 0.399 e. The van der Waals surface area contributed by atoms with E-state index in [2.05, 4.69) is 4.72 Å². The predicted octanol–water partition coefficient (Wildman–Crippen LogP) is 1.79. The smallest absolute Gasteiger partial charge is 0.243 e. The van der Waals surface area contributed by atoms with E-state index in [1.807, 2.05) is 20.8 Å². The molecule has 1 atom stereocenters. The van der Waals surface area contributed by atoms with E-state index in [4.69, 9.17) is 5.73 Å². The van der Waals surface area contributed by atoms with Crippen LogP contribution in [-0.2, 0) is 10.0 Å². The maximum absolute atomic E-state index is 13.9. The number of halogens is 1. The first-order valence-electron chi connectivity index (χ1n) is 6.66. The number of hydrogen-bond acceptors (Lipinski definition) is 4. The minimum Gasteiger partial charge on any atom is -0.399 e. The summed E-state index contributed by atoms with van der Waals surface area (Å²) >= 11 is 0. The van der Waals surface area contributed by atoms with Crippen molar-refractivity contribution in [2.45, 2.75) is 45.1 Å². The molecule has 0 aromatic heterocycles. The Morgan fingerprint density at radius 2 is 1.95 bits per heavy atom. The van der Waals surface area contributed by atoms with Gasteiger partial charge in [0, 0.05) is 12.2 Å². The number of aliphatic hydroxyl groups is 1. The molecular weight excluding hydrogens is 295 g/mol. The number of aliphatic hydroxyl groups excluding tert-OH is 1. The van der Waals surface area contributed by atoms with E-state index in [1.54, 1.807) is 0 Å². The average Bonchev–Trinajstić information content (AvgIpc) is 2.29. The van der Waals surface area contributed by atoms with Crippen LogP contribution in [0.15, 0.2) is 17.0 Å². The molecule has 1 aromatic carbocycles. The van der Waals surface area contributed by atoms with E-state index < -0.39 is 26.8 Å². The molecule has 5 nitrogen and oxygen atoms in total. The maximum Gasteiger partial charge on any atom is 0.243 e. The number of anilines is 1. The monoisotopic (exact) mass is 318 g/mol. The number of benzene rings is 1. The van der Waals surface area contributed by atoms with Crippen LogP contribution in [0.5, 0.6) is 0 Å². The fourth-order valence-corrected chi connectivity index (χ4v) is 3.28. The van der Waals surface area contributed by atoms with Crippen molar-refractivity contribution < 1.29 is 17.9 Å². The second-order valence-corrected chi connectivity index (χ2v) is 8.16. The zero-order chi connectivity index (χ0) is 16.4. The van der Waals surface area contributed by atoms with Crippen LogP contribution in [0.4, 0.5) is 10.1 Å². The van der Waals surface area contributed by atoms with E-state index in [0.29, 0.717) is 6.42 Å². The van der Waals surface area contributed by atoms with E-state index in [1.165, 1.54) is 13.0 Å². The normalized spacial score (nSPS) is 14.2. The van der Waals surface area contributed by atoms with E-state index in [-0.39, 0.29) is 23.2 Å². The van der Waals surface area contributed by atoms with Crippen LogP contribution in [0.2, 0.25) is 0 Å². The third kappa shape index (κ3) is 5.26. The van der Waals surface area contributed by atoms with Crippen LogP contribution in [0.1, 0.15) is 32.8 Å². The Morgan fingerprint density at radius 3 is 2.48 bits per heavy atom. The lowest BCUT2D eigenvalue weighted by atomic mass is 9.89. The lowest BCUT2D eigenvalue weighted by Crippen LogP contribution is -2.34. The van der Waals surface area contributed by atoms with E-state index in [0.717, 1.165) is 6.07 Å². The molecule has 1 rings (SSSR count). The van der Waals surface area contributed by atoms with E-state index in [9.17, 15) is 17.9 Å². The number of rotatable bonds is 5. The summed E-state index contributed by atoms with van der Waals surface area (Å²) in [6.07, 6.45) is -0.418. The van der Waals surface area contributed by atoms with Gasteiger partial charge in [0.1, 0.15) is 10.7 Å². The molecular formula is C14H23FN2O3S. The summed E-state index contributed by atoms with van der Waals surface area (Å²) in [5.74, 6) is -0.831. The lowest BCUT2D eigenvalue weighted by Gasteiger charge is -2.22. The Labute approximate surface area is 125 Å². The van der Waals surface area contributed by atoms with Crippen molar-refractivity contribution in [2.75, 3.05) is 12.3 Å². The topological polar surface area (TPSA) is 92.4 Å². The number of nitrogen functional groups attached to an aromatic ring is 1. The van der Waals surface area contributed by atoms with Crippen molar-refractivity contribution >= 4 is 15.7 Å². The van der Waals surface area contributed by atoms with Gasteiger partial charge in [0.05, 0.1) is 6.10 Å². The van der Waals surface area contributed by atoms with Crippen LogP contribution in [-0.4, -0.2) is 26.2 Å². The molecule has 0 aliphatic rings. The molecule has 0 fully saturated rings. The summed E-state index contributed by atoms with van der Waals surface area (Å²) in [5, 5.41) is 9.83. The number of hydrogen-bond donors (Lipinski definition) is 3. The van der Waals surface area contributed by atoms with Crippen molar-refractivity contribution in [3.05, 3.63) is 23.5 Å². The molecule has 0 saturated heterocycles. The molecule has 0 amide bonds. The Hall–Kier alpha value is -1.18. The van der Waals surface area contributed by atoms with Gasteiger partial charge in [0.15, 0.2) is 0 Å². The van der Waals surface area contributed by atoms with Crippen molar-refractivity contribution in [1.82, 2.24) is 4.72 Å². The number of nitrogens with one attached hydrogen (secondary N) is 1. The Kier molecular flexibility index (Phi) is 5.35. The molecule has 0 aliphatic heterocycles. The molecule has 0 bridgehead atoms. The van der Waals surface area contributed by atoms with Crippen LogP contribution >= 0.6 is 0 Å². The van der Waals surface area contributed by atoms with Gasteiger partial charge in [-0.3, -0.25) is 0 Å². The summed E-state index contributed by atoms with van der Waals surface area (Å²) in [6, 6.07) is 2.43. The van der Waals surface area contributed by atoms with Crippen molar-refractivity contribution in [1.29, 1.82) is 0 Å². The molecule has 21 heavy (non-hydrogen) atoms. The highest BCUT2D eigenvalue weighted by Gasteiger charge is 2.23. The minimum atomic E-state index is -4.05. The fourth-order valence-electron chi connectivity index (χ4n) is 2.02. The average molecular weight is 318 g/mol. The molecule has 0 radical (unpaired) electrons. The van der Waals surface area contributed by atoms with Gasteiger partial charge in [-0.15, -0.1) is 0 Å². The second kappa shape index (κ2) is 6.29. The Bertz CT molecular complexity index is 609. The van der Waals surface area contributed by atoms with Gasteiger partial charge < -0.3 is 10.8 Å². The summed E-state index contributed by atoms with van der Waals surface area (Å²) in [5.41, 5.74) is 5.75. The first-order chi connectivity index (χ1) is 9.42. The molecule has 0 aliphatic carbocycles. The first kappa shape index (κ1) is 17.9. The molecule has 0 spiro atoms.